The third-order valence-corrected chi connectivity index (χ3v) is 2.29. The molecule has 0 bridgehead atoms. The van der Waals surface area contributed by atoms with Gasteiger partial charge in [-0.05, 0) is 12.5 Å². The van der Waals surface area contributed by atoms with Crippen molar-refractivity contribution in [3.8, 4) is 0 Å². The predicted octanol–water partition coefficient (Wildman–Crippen LogP) is 0.390. The first kappa shape index (κ1) is 13.2. The molecule has 1 rings (SSSR count). The van der Waals surface area contributed by atoms with Crippen LogP contribution in [0.4, 0.5) is 0 Å². The van der Waals surface area contributed by atoms with E-state index in [1.54, 1.807) is 13.3 Å². The minimum atomic E-state index is -0.451. The molecule has 0 aromatic carbocycles. The Labute approximate surface area is 96.4 Å². The van der Waals surface area contributed by atoms with Gasteiger partial charge >= 0.3 is 0 Å². The van der Waals surface area contributed by atoms with Crippen molar-refractivity contribution in [3.63, 3.8) is 0 Å². The van der Waals surface area contributed by atoms with Gasteiger partial charge in [0, 0.05) is 32.9 Å². The number of aliphatic hydroxyl groups excluding tert-OH is 1. The van der Waals surface area contributed by atoms with Crippen LogP contribution in [0.1, 0.15) is 19.0 Å². The van der Waals surface area contributed by atoms with E-state index in [0.29, 0.717) is 13.2 Å². The van der Waals surface area contributed by atoms with Crippen molar-refractivity contribution in [3.05, 3.63) is 18.0 Å². The average Bonchev–Trinajstić information content (AvgIpc) is 2.67. The van der Waals surface area contributed by atoms with Gasteiger partial charge < -0.3 is 15.2 Å². The van der Waals surface area contributed by atoms with E-state index >= 15 is 0 Å². The van der Waals surface area contributed by atoms with Crippen molar-refractivity contribution in [1.82, 2.24) is 15.1 Å². The number of aryl methyl sites for hydroxylation is 1. The quantitative estimate of drug-likeness (QED) is 0.674. The third kappa shape index (κ3) is 4.30. The van der Waals surface area contributed by atoms with Crippen molar-refractivity contribution in [2.24, 2.45) is 0 Å². The summed E-state index contributed by atoms with van der Waals surface area (Å²) in [6.45, 7) is 4.68. The molecule has 0 aliphatic heterocycles. The van der Waals surface area contributed by atoms with Crippen LogP contribution in [-0.2, 0) is 17.8 Å². The van der Waals surface area contributed by atoms with E-state index in [0.717, 1.165) is 25.2 Å². The number of hydrogen-bond donors (Lipinski definition) is 2. The lowest BCUT2D eigenvalue weighted by atomic mass is 10.3. The maximum absolute atomic E-state index is 9.44. The van der Waals surface area contributed by atoms with Crippen molar-refractivity contribution < 1.29 is 9.84 Å². The van der Waals surface area contributed by atoms with Crippen LogP contribution in [0.3, 0.4) is 0 Å². The molecule has 16 heavy (non-hydrogen) atoms. The number of nitrogens with zero attached hydrogens (tertiary/aromatic N) is 2. The Hall–Kier alpha value is -0.910. The van der Waals surface area contributed by atoms with E-state index < -0.39 is 6.10 Å². The minimum Gasteiger partial charge on any atom is -0.389 e. The summed E-state index contributed by atoms with van der Waals surface area (Å²) in [4.78, 5) is 0. The van der Waals surface area contributed by atoms with Crippen LogP contribution in [0.15, 0.2) is 12.3 Å². The van der Waals surface area contributed by atoms with Crippen LogP contribution < -0.4 is 5.32 Å². The Balaban J connectivity index is 2.28. The van der Waals surface area contributed by atoms with Gasteiger partial charge in [0.05, 0.1) is 18.4 Å². The molecule has 0 amide bonds. The second-order valence-electron chi connectivity index (χ2n) is 3.79. The van der Waals surface area contributed by atoms with Crippen molar-refractivity contribution >= 4 is 0 Å². The Morgan fingerprint density at radius 3 is 3.12 bits per heavy atom. The highest BCUT2D eigenvalue weighted by molar-refractivity contribution is 4.99. The van der Waals surface area contributed by atoms with E-state index in [1.807, 2.05) is 10.7 Å². The third-order valence-electron chi connectivity index (χ3n) is 2.29. The fraction of sp³-hybridized carbons (Fsp3) is 0.727. The molecule has 5 heteroatoms. The Kier molecular flexibility index (Phi) is 6.07. The van der Waals surface area contributed by atoms with Crippen LogP contribution in [0.5, 0.6) is 0 Å². The van der Waals surface area contributed by atoms with Gasteiger partial charge in [-0.3, -0.25) is 4.68 Å². The molecular weight excluding hydrogens is 206 g/mol. The topological polar surface area (TPSA) is 59.3 Å². The molecule has 0 aliphatic carbocycles. The molecule has 0 aliphatic rings. The van der Waals surface area contributed by atoms with Crippen molar-refractivity contribution in [1.29, 1.82) is 0 Å². The summed E-state index contributed by atoms with van der Waals surface area (Å²) in [6, 6.07) is 1.99. The second-order valence-corrected chi connectivity index (χ2v) is 3.79. The lowest BCUT2D eigenvalue weighted by molar-refractivity contribution is 0.0643. The number of hydrogen-bond acceptors (Lipinski definition) is 4. The van der Waals surface area contributed by atoms with Gasteiger partial charge in [-0.1, -0.05) is 6.92 Å². The largest absolute Gasteiger partial charge is 0.389 e. The van der Waals surface area contributed by atoms with Gasteiger partial charge in [-0.25, -0.2) is 0 Å². The highest BCUT2D eigenvalue weighted by Crippen LogP contribution is 1.99. The number of aromatic nitrogens is 2. The first-order valence-electron chi connectivity index (χ1n) is 5.66. The van der Waals surface area contributed by atoms with E-state index in [4.69, 9.17) is 4.74 Å². The lowest BCUT2D eigenvalue weighted by Crippen LogP contribution is -2.30. The highest BCUT2D eigenvalue weighted by atomic mass is 16.5. The van der Waals surface area contributed by atoms with E-state index in [-0.39, 0.29) is 0 Å². The average molecular weight is 227 g/mol. The SMILES string of the molecule is CCCn1nccc1CNCC(O)COC. The Morgan fingerprint density at radius 2 is 2.44 bits per heavy atom. The van der Waals surface area contributed by atoms with Crippen molar-refractivity contribution in [2.75, 3.05) is 20.3 Å². The van der Waals surface area contributed by atoms with Gasteiger partial charge in [-0.15, -0.1) is 0 Å². The highest BCUT2D eigenvalue weighted by Gasteiger charge is 2.04. The number of ether oxygens (including phenoxy) is 1. The molecule has 1 atom stereocenters. The molecule has 2 N–H and O–H groups in total. The summed E-state index contributed by atoms with van der Waals surface area (Å²) in [6.07, 6.45) is 2.42. The van der Waals surface area contributed by atoms with Gasteiger partial charge in [0.25, 0.3) is 0 Å². The molecule has 1 aromatic heterocycles. The molecule has 0 saturated heterocycles. The zero-order valence-corrected chi connectivity index (χ0v) is 10.0. The predicted molar refractivity (Wildman–Crippen MR) is 62.1 cm³/mol. The molecule has 1 heterocycles. The molecule has 1 aromatic rings. The number of nitrogens with one attached hydrogen (secondary N) is 1. The molecule has 5 nitrogen and oxygen atoms in total. The van der Waals surface area contributed by atoms with E-state index in [2.05, 4.69) is 17.3 Å². The van der Waals surface area contributed by atoms with Crippen molar-refractivity contribution in [2.45, 2.75) is 32.5 Å². The Bertz CT molecular complexity index is 289. The van der Waals surface area contributed by atoms with Gasteiger partial charge in [0.15, 0.2) is 0 Å². The summed E-state index contributed by atoms with van der Waals surface area (Å²) in [5.74, 6) is 0. The van der Waals surface area contributed by atoms with Crippen LogP contribution in [0.2, 0.25) is 0 Å². The second kappa shape index (κ2) is 7.38. The molecule has 92 valence electrons. The number of rotatable bonds is 8. The summed E-state index contributed by atoms with van der Waals surface area (Å²) < 4.78 is 6.83. The molecule has 0 saturated carbocycles. The lowest BCUT2D eigenvalue weighted by Gasteiger charge is -2.11. The summed E-state index contributed by atoms with van der Waals surface area (Å²) >= 11 is 0. The maximum atomic E-state index is 9.44. The molecular formula is C11H21N3O2. The zero-order valence-electron chi connectivity index (χ0n) is 10.0. The molecule has 0 fully saturated rings. The number of aliphatic hydroxyl groups is 1. The standard InChI is InChI=1S/C11H21N3O2/c1-3-6-14-10(4-5-13-14)7-12-8-11(15)9-16-2/h4-5,11-12,15H,3,6-9H2,1-2H3. The molecule has 0 spiro atoms. The molecule has 1 unspecified atom stereocenters. The summed E-state index contributed by atoms with van der Waals surface area (Å²) in [5.41, 5.74) is 1.14. The van der Waals surface area contributed by atoms with Crippen LogP contribution in [0.25, 0.3) is 0 Å². The first-order valence-corrected chi connectivity index (χ1v) is 5.66. The van der Waals surface area contributed by atoms with Gasteiger partial charge in [0.2, 0.25) is 0 Å². The fourth-order valence-electron chi connectivity index (χ4n) is 1.54. The monoisotopic (exact) mass is 227 g/mol. The van der Waals surface area contributed by atoms with Crippen LogP contribution in [-0.4, -0.2) is 41.3 Å². The maximum Gasteiger partial charge on any atom is 0.0897 e. The van der Waals surface area contributed by atoms with Gasteiger partial charge in [-0.2, -0.15) is 5.10 Å². The fourth-order valence-corrected chi connectivity index (χ4v) is 1.54. The van der Waals surface area contributed by atoms with E-state index in [1.165, 1.54) is 0 Å². The van der Waals surface area contributed by atoms with Crippen LogP contribution >= 0.6 is 0 Å². The number of methoxy groups -OCH3 is 1. The zero-order chi connectivity index (χ0) is 11.8. The summed E-state index contributed by atoms with van der Waals surface area (Å²) in [5, 5.41) is 16.9. The Morgan fingerprint density at radius 1 is 1.62 bits per heavy atom. The van der Waals surface area contributed by atoms with Crippen LogP contribution in [0, 0.1) is 0 Å². The summed E-state index contributed by atoms with van der Waals surface area (Å²) in [7, 11) is 1.58. The van der Waals surface area contributed by atoms with E-state index in [9.17, 15) is 5.11 Å². The first-order chi connectivity index (χ1) is 7.77. The normalized spacial score (nSPS) is 12.9. The minimum absolute atomic E-state index is 0.362. The molecule has 0 radical (unpaired) electrons. The smallest absolute Gasteiger partial charge is 0.0897 e. The van der Waals surface area contributed by atoms with Gasteiger partial charge in [0.1, 0.15) is 0 Å².